The molecule has 0 bridgehead atoms. The maximum Gasteiger partial charge on any atom is 0.397 e. The van der Waals surface area contributed by atoms with Crippen LogP contribution < -0.4 is 0 Å². The number of aliphatic hydroxyl groups is 1. The van der Waals surface area contributed by atoms with Crippen LogP contribution in [0.4, 0.5) is 13.2 Å². The lowest BCUT2D eigenvalue weighted by Gasteiger charge is -2.22. The largest absolute Gasteiger partial charge is 0.397 e. The molecule has 82 valence electrons. The molecule has 2 atom stereocenters. The fourth-order valence-corrected chi connectivity index (χ4v) is 1.30. The summed E-state index contributed by atoms with van der Waals surface area (Å²) >= 11 is 0. The lowest BCUT2D eigenvalue weighted by molar-refractivity contribution is -0.185. The van der Waals surface area contributed by atoms with Crippen LogP contribution in [0.2, 0.25) is 0 Å². The highest BCUT2D eigenvalue weighted by Gasteiger charge is 2.42. The maximum absolute atomic E-state index is 12.4. The fourth-order valence-electron chi connectivity index (χ4n) is 1.30. The third-order valence-electron chi connectivity index (χ3n) is 2.11. The Morgan fingerprint density at radius 1 is 1.20 bits per heavy atom. The number of hydrogen-bond donors (Lipinski definition) is 1. The van der Waals surface area contributed by atoms with Crippen LogP contribution in [0.1, 0.15) is 11.7 Å². The van der Waals surface area contributed by atoms with Gasteiger partial charge in [-0.05, 0) is 5.56 Å². The first-order valence-electron chi connectivity index (χ1n) is 4.39. The number of rotatable bonds is 3. The van der Waals surface area contributed by atoms with E-state index in [2.05, 4.69) is 6.58 Å². The number of benzene rings is 1. The molecule has 1 rings (SSSR count). The van der Waals surface area contributed by atoms with Gasteiger partial charge in [0.1, 0.15) is 5.92 Å². The lowest BCUT2D eigenvalue weighted by Crippen LogP contribution is -2.27. The normalized spacial score (nSPS) is 15.7. The van der Waals surface area contributed by atoms with E-state index in [1.807, 2.05) is 0 Å². The minimum atomic E-state index is -4.48. The highest BCUT2D eigenvalue weighted by molar-refractivity contribution is 5.19. The molecule has 0 radical (unpaired) electrons. The van der Waals surface area contributed by atoms with Crippen LogP contribution in [0.25, 0.3) is 0 Å². The first kappa shape index (κ1) is 11.8. The molecule has 0 aromatic heterocycles. The van der Waals surface area contributed by atoms with E-state index < -0.39 is 18.2 Å². The van der Waals surface area contributed by atoms with Gasteiger partial charge >= 0.3 is 6.18 Å². The topological polar surface area (TPSA) is 20.2 Å². The summed E-state index contributed by atoms with van der Waals surface area (Å²) in [6.45, 7) is 3.09. The summed E-state index contributed by atoms with van der Waals surface area (Å²) in [5.41, 5.74) is 0.236. The lowest BCUT2D eigenvalue weighted by atomic mass is 9.95. The van der Waals surface area contributed by atoms with E-state index >= 15 is 0 Å². The van der Waals surface area contributed by atoms with Gasteiger partial charge in [-0.25, -0.2) is 0 Å². The summed E-state index contributed by atoms with van der Waals surface area (Å²) in [7, 11) is 0. The van der Waals surface area contributed by atoms with Gasteiger partial charge in [0.15, 0.2) is 0 Å². The molecule has 0 saturated heterocycles. The van der Waals surface area contributed by atoms with Crippen molar-refractivity contribution in [1.82, 2.24) is 0 Å². The Labute approximate surface area is 85.9 Å². The zero-order valence-corrected chi connectivity index (χ0v) is 7.91. The molecule has 0 aliphatic rings. The van der Waals surface area contributed by atoms with Crippen LogP contribution in [0.15, 0.2) is 43.0 Å². The molecular formula is C11H11F3O. The van der Waals surface area contributed by atoms with E-state index in [9.17, 15) is 18.3 Å². The van der Waals surface area contributed by atoms with Gasteiger partial charge in [0.05, 0.1) is 6.10 Å². The second kappa shape index (κ2) is 4.49. The van der Waals surface area contributed by atoms with E-state index in [1.54, 1.807) is 18.2 Å². The fraction of sp³-hybridized carbons (Fsp3) is 0.273. The van der Waals surface area contributed by atoms with Crippen molar-refractivity contribution in [1.29, 1.82) is 0 Å². The molecule has 1 aromatic carbocycles. The summed E-state index contributed by atoms with van der Waals surface area (Å²) in [4.78, 5) is 0. The molecular weight excluding hydrogens is 205 g/mol. The molecule has 0 fully saturated rings. The molecule has 0 aliphatic carbocycles. The molecule has 0 spiro atoms. The highest BCUT2D eigenvalue weighted by Crippen LogP contribution is 2.36. The molecule has 0 amide bonds. The van der Waals surface area contributed by atoms with Gasteiger partial charge in [-0.15, -0.1) is 6.58 Å². The number of halogens is 3. The summed E-state index contributed by atoms with van der Waals surface area (Å²) in [5, 5.41) is 9.52. The van der Waals surface area contributed by atoms with Crippen molar-refractivity contribution >= 4 is 0 Å². The third kappa shape index (κ3) is 2.83. The van der Waals surface area contributed by atoms with Crippen LogP contribution in [0, 0.1) is 5.92 Å². The molecule has 0 heterocycles. The summed E-state index contributed by atoms with van der Waals surface area (Å²) < 4.78 is 37.3. The first-order chi connectivity index (χ1) is 6.96. The quantitative estimate of drug-likeness (QED) is 0.770. The van der Waals surface area contributed by atoms with E-state index in [-0.39, 0.29) is 5.56 Å². The zero-order valence-electron chi connectivity index (χ0n) is 7.91. The average molecular weight is 216 g/mol. The SMILES string of the molecule is C=C[C@H]([C@H](O)c1ccccc1)C(F)(F)F. The minimum absolute atomic E-state index is 0.236. The van der Waals surface area contributed by atoms with Gasteiger partial charge < -0.3 is 5.11 Å². The molecule has 0 aliphatic heterocycles. The van der Waals surface area contributed by atoms with Crippen molar-refractivity contribution in [3.05, 3.63) is 48.6 Å². The van der Waals surface area contributed by atoms with Crippen LogP contribution >= 0.6 is 0 Å². The summed E-state index contributed by atoms with van der Waals surface area (Å²) in [5.74, 6) is -1.93. The smallest absolute Gasteiger partial charge is 0.387 e. The average Bonchev–Trinajstić information content (AvgIpc) is 2.18. The Morgan fingerprint density at radius 3 is 2.13 bits per heavy atom. The Hall–Kier alpha value is -1.29. The van der Waals surface area contributed by atoms with E-state index in [0.717, 1.165) is 6.08 Å². The Bertz CT molecular complexity index is 318. The molecule has 0 saturated carbocycles. The molecule has 15 heavy (non-hydrogen) atoms. The van der Waals surface area contributed by atoms with Crippen LogP contribution in [0.5, 0.6) is 0 Å². The predicted molar refractivity (Wildman–Crippen MR) is 51.1 cm³/mol. The zero-order chi connectivity index (χ0) is 11.5. The van der Waals surface area contributed by atoms with Crippen molar-refractivity contribution in [3.63, 3.8) is 0 Å². The second-order valence-corrected chi connectivity index (χ2v) is 3.16. The van der Waals surface area contributed by atoms with E-state index in [4.69, 9.17) is 0 Å². The molecule has 1 N–H and O–H groups in total. The Morgan fingerprint density at radius 2 is 1.73 bits per heavy atom. The highest BCUT2D eigenvalue weighted by atomic mass is 19.4. The van der Waals surface area contributed by atoms with Crippen LogP contribution in [-0.2, 0) is 0 Å². The Kier molecular flexibility index (Phi) is 3.52. The van der Waals surface area contributed by atoms with Gasteiger partial charge in [-0.3, -0.25) is 0 Å². The van der Waals surface area contributed by atoms with Crippen LogP contribution in [-0.4, -0.2) is 11.3 Å². The summed E-state index contributed by atoms with van der Waals surface area (Å²) in [6, 6.07) is 7.73. The number of alkyl halides is 3. The number of hydrogen-bond acceptors (Lipinski definition) is 1. The van der Waals surface area contributed by atoms with Crippen molar-refractivity contribution in [2.45, 2.75) is 12.3 Å². The van der Waals surface area contributed by atoms with E-state index in [0.29, 0.717) is 0 Å². The molecule has 0 unspecified atom stereocenters. The van der Waals surface area contributed by atoms with Crippen molar-refractivity contribution in [3.8, 4) is 0 Å². The Balaban J connectivity index is 2.92. The van der Waals surface area contributed by atoms with Gasteiger partial charge in [0.2, 0.25) is 0 Å². The van der Waals surface area contributed by atoms with Crippen molar-refractivity contribution in [2.75, 3.05) is 0 Å². The van der Waals surface area contributed by atoms with Gasteiger partial charge in [-0.1, -0.05) is 36.4 Å². The first-order valence-corrected chi connectivity index (χ1v) is 4.39. The molecule has 1 aromatic rings. The molecule has 1 nitrogen and oxygen atoms in total. The molecule has 4 heteroatoms. The monoisotopic (exact) mass is 216 g/mol. The minimum Gasteiger partial charge on any atom is -0.387 e. The third-order valence-corrected chi connectivity index (χ3v) is 2.11. The summed E-state index contributed by atoms with van der Waals surface area (Å²) in [6.07, 6.45) is -5.35. The predicted octanol–water partition coefficient (Wildman–Crippen LogP) is 3.08. The van der Waals surface area contributed by atoms with Crippen molar-refractivity contribution < 1.29 is 18.3 Å². The van der Waals surface area contributed by atoms with E-state index in [1.165, 1.54) is 12.1 Å². The van der Waals surface area contributed by atoms with Crippen LogP contribution in [0.3, 0.4) is 0 Å². The van der Waals surface area contributed by atoms with Gasteiger partial charge in [-0.2, -0.15) is 13.2 Å². The second-order valence-electron chi connectivity index (χ2n) is 3.16. The van der Waals surface area contributed by atoms with Crippen molar-refractivity contribution in [2.24, 2.45) is 5.92 Å². The van der Waals surface area contributed by atoms with Gasteiger partial charge in [0, 0.05) is 0 Å². The maximum atomic E-state index is 12.4. The number of aliphatic hydroxyl groups excluding tert-OH is 1. The van der Waals surface area contributed by atoms with Gasteiger partial charge in [0.25, 0.3) is 0 Å². The standard InChI is InChI=1S/C11H11F3O/c1-2-9(11(12,13)14)10(15)8-6-4-3-5-7-8/h2-7,9-10,15H,1H2/t9-,10-/m1/s1.